The molecule has 2 rings (SSSR count). The van der Waals surface area contributed by atoms with E-state index in [1.54, 1.807) is 0 Å². The van der Waals surface area contributed by atoms with Crippen LogP contribution in [0.25, 0.3) is 0 Å². The molecule has 2 unspecified atom stereocenters. The van der Waals surface area contributed by atoms with Gasteiger partial charge in [-0.3, -0.25) is 4.84 Å². The molecule has 0 fully saturated rings. The van der Waals surface area contributed by atoms with Crippen LogP contribution in [0.3, 0.4) is 0 Å². The molecule has 142 valence electrons. The molecule has 2 aromatic carbocycles. The topological polar surface area (TPSA) is 32.7 Å². The summed E-state index contributed by atoms with van der Waals surface area (Å²) in [6.45, 7) is 13.2. The molecule has 0 aliphatic carbocycles. The van der Waals surface area contributed by atoms with Gasteiger partial charge >= 0.3 is 0 Å². The molecule has 0 heterocycles. The highest BCUT2D eigenvalue weighted by Gasteiger charge is 2.34. The van der Waals surface area contributed by atoms with Gasteiger partial charge in [-0.25, -0.2) is 0 Å². The van der Waals surface area contributed by atoms with Crippen LogP contribution in [0, 0.1) is 5.92 Å². The monoisotopic (exact) mass is 355 g/mol. The van der Waals surface area contributed by atoms with Gasteiger partial charge in [-0.2, -0.15) is 5.06 Å². The van der Waals surface area contributed by atoms with E-state index >= 15 is 0 Å². The van der Waals surface area contributed by atoms with Crippen molar-refractivity contribution in [2.24, 2.45) is 5.92 Å². The number of hydrogen-bond donors (Lipinski definition) is 1. The van der Waals surface area contributed by atoms with Gasteiger partial charge in [0.1, 0.15) is 6.10 Å². The Morgan fingerprint density at radius 1 is 0.885 bits per heavy atom. The van der Waals surface area contributed by atoms with Gasteiger partial charge in [-0.15, -0.1) is 0 Å². The Kier molecular flexibility index (Phi) is 6.99. The summed E-state index contributed by atoms with van der Waals surface area (Å²) in [5, 5.41) is 11.4. The average molecular weight is 356 g/mol. The molecule has 26 heavy (non-hydrogen) atoms. The van der Waals surface area contributed by atoms with E-state index in [9.17, 15) is 5.11 Å². The largest absolute Gasteiger partial charge is 0.392 e. The number of hydroxylamine groups is 2. The molecule has 0 aliphatic rings. The number of aliphatic hydroxyl groups excluding tert-OH is 1. The second kappa shape index (κ2) is 8.81. The molecule has 3 nitrogen and oxygen atoms in total. The molecular weight excluding hydrogens is 322 g/mol. The SMILES string of the molecule is CC(ON(C(c1ccccc1)C(C)C)C(C)(C)C)c1ccc(CO)cc1. The van der Waals surface area contributed by atoms with E-state index in [1.807, 2.05) is 24.3 Å². The molecule has 0 bridgehead atoms. The maximum atomic E-state index is 9.24. The normalized spacial score (nSPS) is 14.7. The minimum atomic E-state index is -0.149. The fourth-order valence-corrected chi connectivity index (χ4v) is 3.21. The second-order valence-electron chi connectivity index (χ2n) is 8.24. The van der Waals surface area contributed by atoms with Crippen molar-refractivity contribution in [2.75, 3.05) is 0 Å². The summed E-state index contributed by atoms with van der Waals surface area (Å²) in [7, 11) is 0. The number of rotatable bonds is 7. The van der Waals surface area contributed by atoms with Gasteiger partial charge in [0.05, 0.1) is 12.6 Å². The van der Waals surface area contributed by atoms with Crippen molar-refractivity contribution in [3.63, 3.8) is 0 Å². The fourth-order valence-electron chi connectivity index (χ4n) is 3.21. The summed E-state index contributed by atoms with van der Waals surface area (Å²) >= 11 is 0. The van der Waals surface area contributed by atoms with E-state index in [4.69, 9.17) is 4.84 Å². The highest BCUT2D eigenvalue weighted by atomic mass is 16.7. The molecule has 0 aliphatic heterocycles. The lowest BCUT2D eigenvalue weighted by Crippen LogP contribution is -2.46. The van der Waals surface area contributed by atoms with Gasteiger partial charge < -0.3 is 5.11 Å². The first-order chi connectivity index (χ1) is 12.2. The zero-order valence-electron chi connectivity index (χ0n) is 16.9. The third-order valence-electron chi connectivity index (χ3n) is 4.59. The van der Waals surface area contributed by atoms with E-state index in [1.165, 1.54) is 5.56 Å². The predicted octanol–water partition coefficient (Wildman–Crippen LogP) is 5.67. The van der Waals surface area contributed by atoms with Gasteiger partial charge in [0.2, 0.25) is 0 Å². The minimum Gasteiger partial charge on any atom is -0.392 e. The van der Waals surface area contributed by atoms with Gasteiger partial charge in [-0.1, -0.05) is 68.4 Å². The summed E-state index contributed by atoms with van der Waals surface area (Å²) in [5.74, 6) is 0.403. The van der Waals surface area contributed by atoms with Crippen LogP contribution in [0.4, 0.5) is 0 Å². The lowest BCUT2D eigenvalue weighted by atomic mass is 9.92. The third kappa shape index (κ3) is 5.16. The molecular formula is C23H33NO2. The maximum Gasteiger partial charge on any atom is 0.102 e. The molecule has 0 saturated heterocycles. The quantitative estimate of drug-likeness (QED) is 0.650. The number of nitrogens with zero attached hydrogens (tertiary/aromatic N) is 1. The maximum absolute atomic E-state index is 9.24. The van der Waals surface area contributed by atoms with E-state index in [-0.39, 0.29) is 24.3 Å². The Bertz CT molecular complexity index is 659. The van der Waals surface area contributed by atoms with Gasteiger partial charge in [0.15, 0.2) is 0 Å². The summed E-state index contributed by atoms with van der Waals surface area (Å²) in [4.78, 5) is 6.52. The molecule has 0 amide bonds. The van der Waals surface area contributed by atoms with Crippen LogP contribution in [0.5, 0.6) is 0 Å². The van der Waals surface area contributed by atoms with E-state index < -0.39 is 0 Å². The lowest BCUT2D eigenvalue weighted by molar-refractivity contribution is -0.272. The van der Waals surface area contributed by atoms with E-state index in [2.05, 4.69) is 76.9 Å². The predicted molar refractivity (Wildman–Crippen MR) is 107 cm³/mol. The Hall–Kier alpha value is -1.68. The average Bonchev–Trinajstić information content (AvgIpc) is 2.61. The van der Waals surface area contributed by atoms with Gasteiger partial charge in [0.25, 0.3) is 0 Å². The molecule has 2 aromatic rings. The van der Waals surface area contributed by atoms with Crippen molar-refractivity contribution in [1.82, 2.24) is 5.06 Å². The van der Waals surface area contributed by atoms with Crippen molar-refractivity contribution in [2.45, 2.75) is 65.8 Å². The first kappa shape index (κ1) is 20.6. The number of hydrogen-bond acceptors (Lipinski definition) is 3. The van der Waals surface area contributed by atoms with Crippen LogP contribution in [0.1, 0.15) is 70.4 Å². The molecule has 2 atom stereocenters. The summed E-state index contributed by atoms with van der Waals surface area (Å²) < 4.78 is 0. The standard InChI is InChI=1S/C23H33NO2/c1-17(2)22(21-10-8-7-9-11-21)24(23(4,5)6)26-18(3)20-14-12-19(16-25)13-15-20/h7-15,17-18,22,25H,16H2,1-6H3. The van der Waals surface area contributed by atoms with Crippen molar-refractivity contribution in [3.8, 4) is 0 Å². The number of aliphatic hydroxyl groups is 1. The molecule has 0 aromatic heterocycles. The smallest absolute Gasteiger partial charge is 0.102 e. The molecule has 0 radical (unpaired) electrons. The van der Waals surface area contributed by atoms with Crippen LogP contribution in [0.2, 0.25) is 0 Å². The Morgan fingerprint density at radius 3 is 1.92 bits per heavy atom. The zero-order chi connectivity index (χ0) is 19.3. The molecule has 0 spiro atoms. The molecule has 1 N–H and O–H groups in total. The van der Waals surface area contributed by atoms with Crippen molar-refractivity contribution >= 4 is 0 Å². The van der Waals surface area contributed by atoms with Gasteiger partial charge in [0, 0.05) is 5.54 Å². The minimum absolute atomic E-state index is 0.0626. The van der Waals surface area contributed by atoms with Crippen LogP contribution in [0.15, 0.2) is 54.6 Å². The zero-order valence-corrected chi connectivity index (χ0v) is 16.9. The Labute approximate surface area is 158 Å². The van der Waals surface area contributed by atoms with Crippen LogP contribution >= 0.6 is 0 Å². The highest BCUT2D eigenvalue weighted by Crippen LogP contribution is 2.36. The first-order valence-corrected chi connectivity index (χ1v) is 9.44. The van der Waals surface area contributed by atoms with E-state index in [0.29, 0.717) is 5.92 Å². The van der Waals surface area contributed by atoms with Crippen LogP contribution < -0.4 is 0 Å². The Morgan fingerprint density at radius 2 is 1.46 bits per heavy atom. The van der Waals surface area contributed by atoms with Crippen molar-refractivity contribution < 1.29 is 9.94 Å². The lowest BCUT2D eigenvalue weighted by Gasteiger charge is -2.44. The summed E-state index contributed by atoms with van der Waals surface area (Å²) in [6.07, 6.45) is -0.0769. The molecule has 0 saturated carbocycles. The van der Waals surface area contributed by atoms with Crippen LogP contribution in [-0.2, 0) is 11.4 Å². The summed E-state index contributed by atoms with van der Waals surface area (Å²) in [5.41, 5.74) is 3.13. The second-order valence-corrected chi connectivity index (χ2v) is 8.24. The summed E-state index contributed by atoms with van der Waals surface area (Å²) in [6, 6.07) is 18.7. The molecule has 3 heteroatoms. The van der Waals surface area contributed by atoms with Gasteiger partial charge in [-0.05, 0) is 50.3 Å². The fraction of sp³-hybridized carbons (Fsp3) is 0.478. The first-order valence-electron chi connectivity index (χ1n) is 9.44. The van der Waals surface area contributed by atoms with Crippen molar-refractivity contribution in [1.29, 1.82) is 0 Å². The highest BCUT2D eigenvalue weighted by molar-refractivity contribution is 5.24. The number of benzene rings is 2. The van der Waals surface area contributed by atoms with E-state index in [0.717, 1.165) is 11.1 Å². The van der Waals surface area contributed by atoms with Crippen LogP contribution in [-0.4, -0.2) is 15.7 Å². The Balaban J connectivity index is 2.31. The third-order valence-corrected chi connectivity index (χ3v) is 4.59. The van der Waals surface area contributed by atoms with Crippen molar-refractivity contribution in [3.05, 3.63) is 71.3 Å².